The molecule has 1 aliphatic rings. The van der Waals surface area contributed by atoms with E-state index >= 15 is 0 Å². The molecule has 0 amide bonds. The molecule has 0 aromatic rings. The molecule has 13 heavy (non-hydrogen) atoms. The number of ether oxygens (including phenoxy) is 2. The second-order valence-electron chi connectivity index (χ2n) is 3.63. The molecule has 0 spiro atoms. The number of hydrogen-bond donors (Lipinski definition) is 0. The van der Waals surface area contributed by atoms with Crippen LogP contribution in [0.15, 0.2) is 0 Å². The smallest absolute Gasteiger partial charge is 0.311 e. The Kier molecular flexibility index (Phi) is 4.22. The summed E-state index contributed by atoms with van der Waals surface area (Å²) < 4.78 is 9.80. The molecule has 1 atom stereocenters. The summed E-state index contributed by atoms with van der Waals surface area (Å²) in [6.45, 7) is 0.497. The van der Waals surface area contributed by atoms with Gasteiger partial charge in [0, 0.05) is 7.11 Å². The van der Waals surface area contributed by atoms with Crippen LogP contribution in [0.5, 0.6) is 0 Å². The third kappa shape index (κ3) is 2.69. The van der Waals surface area contributed by atoms with Gasteiger partial charge >= 0.3 is 5.97 Å². The van der Waals surface area contributed by atoms with Crippen molar-refractivity contribution in [3.63, 3.8) is 0 Å². The Labute approximate surface area is 79.4 Å². The number of hydrogen-bond acceptors (Lipinski definition) is 3. The zero-order valence-corrected chi connectivity index (χ0v) is 8.41. The third-order valence-corrected chi connectivity index (χ3v) is 2.82. The van der Waals surface area contributed by atoms with Crippen LogP contribution < -0.4 is 0 Å². The lowest BCUT2D eigenvalue weighted by atomic mass is 9.92. The van der Waals surface area contributed by atoms with Crippen molar-refractivity contribution in [1.29, 1.82) is 0 Å². The van der Waals surface area contributed by atoms with Crippen LogP contribution in [0.25, 0.3) is 0 Å². The van der Waals surface area contributed by atoms with Crippen LogP contribution in [0.1, 0.15) is 25.7 Å². The summed E-state index contributed by atoms with van der Waals surface area (Å²) in [5, 5.41) is 0. The Balaban J connectivity index is 2.49. The van der Waals surface area contributed by atoms with Crippen molar-refractivity contribution in [3.8, 4) is 0 Å². The molecule has 3 heteroatoms. The minimum absolute atomic E-state index is 0.0440. The predicted octanol–water partition coefficient (Wildman–Crippen LogP) is 1.61. The maximum absolute atomic E-state index is 11.4. The van der Waals surface area contributed by atoms with Crippen molar-refractivity contribution >= 4 is 5.97 Å². The zero-order valence-electron chi connectivity index (χ0n) is 8.41. The number of esters is 1. The largest absolute Gasteiger partial charge is 0.469 e. The Morgan fingerprint density at radius 3 is 2.46 bits per heavy atom. The lowest BCUT2D eigenvalue weighted by Gasteiger charge is -2.19. The first-order chi connectivity index (χ1) is 6.29. The predicted molar refractivity (Wildman–Crippen MR) is 49.3 cm³/mol. The molecule has 0 saturated heterocycles. The molecule has 0 aromatic heterocycles. The summed E-state index contributed by atoms with van der Waals surface area (Å²) in [5.41, 5.74) is 0. The summed E-state index contributed by atoms with van der Waals surface area (Å²) >= 11 is 0. The molecule has 0 N–H and O–H groups in total. The first-order valence-corrected chi connectivity index (χ1v) is 4.86. The average Bonchev–Trinajstić information content (AvgIpc) is 2.65. The summed E-state index contributed by atoms with van der Waals surface area (Å²) in [5.74, 6) is 0.318. The van der Waals surface area contributed by atoms with Gasteiger partial charge in [-0.3, -0.25) is 4.79 Å². The van der Waals surface area contributed by atoms with Crippen molar-refractivity contribution in [3.05, 3.63) is 0 Å². The normalized spacial score (nSPS) is 20.2. The van der Waals surface area contributed by atoms with Gasteiger partial charge in [-0.05, 0) is 18.8 Å². The maximum Gasteiger partial charge on any atom is 0.311 e. The summed E-state index contributed by atoms with van der Waals surface area (Å²) in [6, 6.07) is 0. The van der Waals surface area contributed by atoms with Gasteiger partial charge < -0.3 is 9.47 Å². The van der Waals surface area contributed by atoms with E-state index in [-0.39, 0.29) is 11.9 Å². The molecule has 1 saturated carbocycles. The van der Waals surface area contributed by atoms with E-state index in [0.29, 0.717) is 12.5 Å². The van der Waals surface area contributed by atoms with Crippen LogP contribution in [0.4, 0.5) is 0 Å². The SMILES string of the molecule is COCC(C(=O)OC)C1CCCC1. The molecule has 1 fully saturated rings. The highest BCUT2D eigenvalue weighted by molar-refractivity contribution is 5.72. The van der Waals surface area contributed by atoms with Gasteiger partial charge in [0.25, 0.3) is 0 Å². The Bertz CT molecular complexity index is 162. The van der Waals surface area contributed by atoms with Crippen LogP contribution >= 0.6 is 0 Å². The van der Waals surface area contributed by atoms with Crippen LogP contribution in [0, 0.1) is 11.8 Å². The fourth-order valence-corrected chi connectivity index (χ4v) is 2.09. The molecule has 0 aromatic carbocycles. The van der Waals surface area contributed by atoms with E-state index in [0.717, 1.165) is 12.8 Å². The first kappa shape index (κ1) is 10.5. The first-order valence-electron chi connectivity index (χ1n) is 4.86. The fraction of sp³-hybridized carbons (Fsp3) is 0.900. The van der Waals surface area contributed by atoms with Crippen LogP contribution in [0.2, 0.25) is 0 Å². The highest BCUT2D eigenvalue weighted by atomic mass is 16.5. The lowest BCUT2D eigenvalue weighted by Crippen LogP contribution is -2.27. The molecular weight excluding hydrogens is 168 g/mol. The number of rotatable bonds is 4. The van der Waals surface area contributed by atoms with Crippen molar-refractivity contribution in [2.45, 2.75) is 25.7 Å². The van der Waals surface area contributed by atoms with Gasteiger partial charge in [0.15, 0.2) is 0 Å². The number of carbonyl (C=O) groups excluding carboxylic acids is 1. The van der Waals surface area contributed by atoms with Crippen LogP contribution in [0.3, 0.4) is 0 Å². The van der Waals surface area contributed by atoms with E-state index in [2.05, 4.69) is 0 Å². The van der Waals surface area contributed by atoms with E-state index in [4.69, 9.17) is 9.47 Å². The van der Waals surface area contributed by atoms with Gasteiger partial charge in [-0.2, -0.15) is 0 Å². The van der Waals surface area contributed by atoms with E-state index in [1.165, 1.54) is 20.0 Å². The summed E-state index contributed by atoms with van der Waals surface area (Å²) in [6.07, 6.45) is 4.76. The van der Waals surface area contributed by atoms with Gasteiger partial charge in [-0.15, -0.1) is 0 Å². The molecule has 0 aliphatic heterocycles. The molecule has 1 aliphatic carbocycles. The molecule has 0 radical (unpaired) electrons. The minimum atomic E-state index is -0.117. The Morgan fingerprint density at radius 1 is 1.38 bits per heavy atom. The second kappa shape index (κ2) is 5.22. The summed E-state index contributed by atoms with van der Waals surface area (Å²) in [7, 11) is 3.07. The monoisotopic (exact) mass is 186 g/mol. The van der Waals surface area contributed by atoms with E-state index < -0.39 is 0 Å². The van der Waals surface area contributed by atoms with Gasteiger partial charge in [-0.25, -0.2) is 0 Å². The average molecular weight is 186 g/mol. The van der Waals surface area contributed by atoms with Crippen LogP contribution in [-0.2, 0) is 14.3 Å². The molecule has 3 nitrogen and oxygen atoms in total. The molecular formula is C10H18O3. The van der Waals surface area contributed by atoms with Crippen molar-refractivity contribution in [2.24, 2.45) is 11.8 Å². The Hall–Kier alpha value is -0.570. The van der Waals surface area contributed by atoms with Gasteiger partial charge in [-0.1, -0.05) is 12.8 Å². The zero-order chi connectivity index (χ0) is 9.68. The summed E-state index contributed by atoms with van der Waals surface area (Å²) in [4.78, 5) is 11.4. The number of carbonyl (C=O) groups is 1. The number of methoxy groups -OCH3 is 2. The minimum Gasteiger partial charge on any atom is -0.469 e. The standard InChI is InChI=1S/C10H18O3/c1-12-7-9(10(11)13-2)8-5-3-4-6-8/h8-9H,3-7H2,1-2H3. The molecule has 1 rings (SSSR count). The van der Waals surface area contributed by atoms with Gasteiger partial charge in [0.2, 0.25) is 0 Å². The molecule has 76 valence electrons. The van der Waals surface area contributed by atoms with Gasteiger partial charge in [0.05, 0.1) is 19.6 Å². The lowest BCUT2D eigenvalue weighted by molar-refractivity contribution is -0.149. The van der Waals surface area contributed by atoms with Crippen molar-refractivity contribution in [2.75, 3.05) is 20.8 Å². The topological polar surface area (TPSA) is 35.5 Å². The van der Waals surface area contributed by atoms with E-state index in [1.807, 2.05) is 0 Å². The fourth-order valence-electron chi connectivity index (χ4n) is 2.09. The quantitative estimate of drug-likeness (QED) is 0.626. The van der Waals surface area contributed by atoms with Crippen LogP contribution in [-0.4, -0.2) is 26.8 Å². The Morgan fingerprint density at radius 2 is 2.00 bits per heavy atom. The van der Waals surface area contributed by atoms with Crippen molar-refractivity contribution in [1.82, 2.24) is 0 Å². The highest BCUT2D eigenvalue weighted by Gasteiger charge is 2.31. The maximum atomic E-state index is 11.4. The van der Waals surface area contributed by atoms with E-state index in [1.54, 1.807) is 7.11 Å². The van der Waals surface area contributed by atoms with Crippen molar-refractivity contribution < 1.29 is 14.3 Å². The highest BCUT2D eigenvalue weighted by Crippen LogP contribution is 2.32. The van der Waals surface area contributed by atoms with Gasteiger partial charge in [0.1, 0.15) is 0 Å². The third-order valence-electron chi connectivity index (χ3n) is 2.82. The molecule has 0 heterocycles. The molecule has 1 unspecified atom stereocenters. The van der Waals surface area contributed by atoms with E-state index in [9.17, 15) is 4.79 Å². The second-order valence-corrected chi connectivity index (χ2v) is 3.63. The molecule has 0 bridgehead atoms.